The topological polar surface area (TPSA) is 96.4 Å². The maximum atomic E-state index is 12.8. The highest BCUT2D eigenvalue weighted by Gasteiger charge is 2.31. The first-order valence-electron chi connectivity index (χ1n) is 12.2. The maximum absolute atomic E-state index is 12.8. The number of fused-ring (bicyclic) bond motifs is 3. The number of benzene rings is 2. The molecular weight excluding hydrogens is 460 g/mol. The molecule has 0 aliphatic heterocycles. The van der Waals surface area contributed by atoms with Crippen LogP contribution in [0.2, 0.25) is 0 Å². The smallest absolute Gasteiger partial charge is 0.410 e. The van der Waals surface area contributed by atoms with Crippen LogP contribution in [-0.2, 0) is 14.3 Å². The van der Waals surface area contributed by atoms with Gasteiger partial charge in [0.05, 0.1) is 0 Å². The first-order valence-corrected chi connectivity index (χ1v) is 12.2. The van der Waals surface area contributed by atoms with Crippen molar-refractivity contribution in [2.24, 2.45) is 0 Å². The third-order valence-corrected chi connectivity index (χ3v) is 6.30. The van der Waals surface area contributed by atoms with Crippen LogP contribution in [0.15, 0.2) is 48.5 Å². The molecule has 194 valence electrons. The van der Waals surface area contributed by atoms with E-state index in [1.54, 1.807) is 27.8 Å². The molecule has 0 spiro atoms. The number of amides is 2. The van der Waals surface area contributed by atoms with Crippen molar-refractivity contribution in [1.29, 1.82) is 0 Å². The molecule has 1 N–H and O–H groups in total. The zero-order chi connectivity index (χ0) is 26.5. The minimum Gasteiger partial charge on any atom is -0.480 e. The van der Waals surface area contributed by atoms with E-state index in [4.69, 9.17) is 9.47 Å². The molecule has 36 heavy (non-hydrogen) atoms. The number of carbonyl (C=O) groups excluding carboxylic acids is 2. The monoisotopic (exact) mass is 496 g/mol. The SMILES string of the molecule is CN(CCCC[C@@H](C(=O)O)N(C)C(=O)OCC1c2ccccc2-c2ccccc21)C(=O)OC(C)(C)C. The van der Waals surface area contributed by atoms with Gasteiger partial charge in [0.15, 0.2) is 0 Å². The Morgan fingerprint density at radius 2 is 1.47 bits per heavy atom. The minimum absolute atomic E-state index is 0.0959. The molecule has 0 fully saturated rings. The first-order chi connectivity index (χ1) is 17.0. The minimum atomic E-state index is -1.09. The van der Waals surface area contributed by atoms with Gasteiger partial charge in [-0.05, 0) is 62.3 Å². The van der Waals surface area contributed by atoms with Crippen LogP contribution in [0.1, 0.15) is 57.1 Å². The Kier molecular flexibility index (Phi) is 8.61. The number of carboxylic acid groups (broad SMARTS) is 1. The van der Waals surface area contributed by atoms with E-state index in [9.17, 15) is 19.5 Å². The number of hydrogen-bond acceptors (Lipinski definition) is 5. The molecule has 0 bridgehead atoms. The third kappa shape index (κ3) is 6.56. The normalized spacial score (nSPS) is 13.4. The summed E-state index contributed by atoms with van der Waals surface area (Å²) in [4.78, 5) is 39.4. The quantitative estimate of drug-likeness (QED) is 0.470. The molecule has 0 heterocycles. The van der Waals surface area contributed by atoms with Crippen LogP contribution in [0.3, 0.4) is 0 Å². The van der Waals surface area contributed by atoms with Crippen LogP contribution in [-0.4, -0.2) is 72.0 Å². The summed E-state index contributed by atoms with van der Waals surface area (Å²) in [6, 6.07) is 15.1. The molecule has 1 aliphatic carbocycles. The fourth-order valence-corrected chi connectivity index (χ4v) is 4.42. The lowest BCUT2D eigenvalue weighted by atomic mass is 9.98. The van der Waals surface area contributed by atoms with Gasteiger partial charge in [-0.25, -0.2) is 14.4 Å². The highest BCUT2D eigenvalue weighted by atomic mass is 16.6. The molecule has 2 aromatic carbocycles. The van der Waals surface area contributed by atoms with Crippen molar-refractivity contribution in [3.8, 4) is 11.1 Å². The maximum Gasteiger partial charge on any atom is 0.410 e. The van der Waals surface area contributed by atoms with Crippen LogP contribution in [0.4, 0.5) is 9.59 Å². The molecule has 0 aromatic heterocycles. The average molecular weight is 497 g/mol. The van der Waals surface area contributed by atoms with Gasteiger partial charge in [-0.15, -0.1) is 0 Å². The molecule has 8 nitrogen and oxygen atoms in total. The number of rotatable bonds is 9. The second-order valence-electron chi connectivity index (χ2n) is 10.2. The number of carboxylic acids is 1. The average Bonchev–Trinajstić information content (AvgIpc) is 3.14. The summed E-state index contributed by atoms with van der Waals surface area (Å²) in [6.07, 6.45) is 0.254. The first kappa shape index (κ1) is 27.0. The summed E-state index contributed by atoms with van der Waals surface area (Å²) in [6.45, 7) is 5.96. The summed E-state index contributed by atoms with van der Waals surface area (Å²) in [5, 5.41) is 9.72. The molecule has 0 radical (unpaired) electrons. The molecular formula is C28H36N2O6. The van der Waals surface area contributed by atoms with Crippen molar-refractivity contribution in [3.05, 3.63) is 59.7 Å². The number of likely N-dealkylation sites (N-methyl/N-ethyl adjacent to an activating group) is 1. The van der Waals surface area contributed by atoms with E-state index < -0.39 is 29.8 Å². The molecule has 3 rings (SSSR count). The lowest BCUT2D eigenvalue weighted by Crippen LogP contribution is -2.43. The molecule has 0 saturated heterocycles. The number of ether oxygens (including phenoxy) is 2. The lowest BCUT2D eigenvalue weighted by Gasteiger charge is -2.26. The lowest BCUT2D eigenvalue weighted by molar-refractivity contribution is -0.142. The van der Waals surface area contributed by atoms with Crippen molar-refractivity contribution in [2.75, 3.05) is 27.2 Å². The van der Waals surface area contributed by atoms with Crippen molar-refractivity contribution < 1.29 is 29.0 Å². The molecule has 0 unspecified atom stereocenters. The zero-order valence-electron chi connectivity index (χ0n) is 21.7. The van der Waals surface area contributed by atoms with Crippen LogP contribution in [0.5, 0.6) is 0 Å². The Morgan fingerprint density at radius 1 is 0.917 bits per heavy atom. The van der Waals surface area contributed by atoms with Crippen LogP contribution >= 0.6 is 0 Å². The molecule has 8 heteroatoms. The molecule has 2 amide bonds. The number of nitrogens with zero attached hydrogens (tertiary/aromatic N) is 2. The fourth-order valence-electron chi connectivity index (χ4n) is 4.42. The van der Waals surface area contributed by atoms with Crippen molar-refractivity contribution in [3.63, 3.8) is 0 Å². The molecule has 2 aromatic rings. The van der Waals surface area contributed by atoms with E-state index in [2.05, 4.69) is 12.1 Å². The van der Waals surface area contributed by atoms with Gasteiger partial charge in [-0.1, -0.05) is 48.5 Å². The van der Waals surface area contributed by atoms with Gasteiger partial charge in [0.2, 0.25) is 0 Å². The summed E-state index contributed by atoms with van der Waals surface area (Å²) in [5.74, 6) is -1.19. The van der Waals surface area contributed by atoms with Gasteiger partial charge in [0.25, 0.3) is 0 Å². The predicted octanol–water partition coefficient (Wildman–Crippen LogP) is 5.36. The number of aliphatic carboxylic acids is 1. The van der Waals surface area contributed by atoms with Gasteiger partial charge in [-0.2, -0.15) is 0 Å². The second kappa shape index (κ2) is 11.5. The van der Waals surface area contributed by atoms with Gasteiger partial charge < -0.3 is 19.5 Å². The van der Waals surface area contributed by atoms with E-state index in [0.29, 0.717) is 19.4 Å². The fraction of sp³-hybridized carbons (Fsp3) is 0.464. The largest absolute Gasteiger partial charge is 0.480 e. The Morgan fingerprint density at radius 3 is 2.00 bits per heavy atom. The van der Waals surface area contributed by atoms with Crippen LogP contribution in [0, 0.1) is 0 Å². The van der Waals surface area contributed by atoms with Gasteiger partial charge >= 0.3 is 18.2 Å². The summed E-state index contributed by atoms with van der Waals surface area (Å²) in [5.41, 5.74) is 3.87. The van der Waals surface area contributed by atoms with Crippen molar-refractivity contribution in [1.82, 2.24) is 9.80 Å². The Labute approximate surface area is 212 Å². The van der Waals surface area contributed by atoms with E-state index in [0.717, 1.165) is 27.2 Å². The number of carbonyl (C=O) groups is 3. The predicted molar refractivity (Wildman–Crippen MR) is 137 cm³/mol. The Balaban J connectivity index is 1.53. The van der Waals surface area contributed by atoms with Crippen LogP contribution < -0.4 is 0 Å². The van der Waals surface area contributed by atoms with Gasteiger partial charge in [-0.3, -0.25) is 4.90 Å². The summed E-state index contributed by atoms with van der Waals surface area (Å²) >= 11 is 0. The van der Waals surface area contributed by atoms with Crippen molar-refractivity contribution in [2.45, 2.75) is 57.6 Å². The number of hydrogen-bond donors (Lipinski definition) is 1. The highest BCUT2D eigenvalue weighted by Crippen LogP contribution is 2.44. The zero-order valence-corrected chi connectivity index (χ0v) is 21.7. The van der Waals surface area contributed by atoms with Gasteiger partial charge in [0.1, 0.15) is 18.2 Å². The third-order valence-electron chi connectivity index (χ3n) is 6.30. The van der Waals surface area contributed by atoms with Crippen molar-refractivity contribution >= 4 is 18.2 Å². The van der Waals surface area contributed by atoms with E-state index in [1.807, 2.05) is 36.4 Å². The van der Waals surface area contributed by atoms with Gasteiger partial charge in [0, 0.05) is 26.6 Å². The highest BCUT2D eigenvalue weighted by molar-refractivity contribution is 5.81. The molecule has 1 aliphatic rings. The second-order valence-corrected chi connectivity index (χ2v) is 10.2. The summed E-state index contributed by atoms with van der Waals surface area (Å²) < 4.78 is 10.9. The molecule has 1 atom stereocenters. The Hall–Kier alpha value is -3.55. The van der Waals surface area contributed by atoms with Crippen LogP contribution in [0.25, 0.3) is 11.1 Å². The van der Waals surface area contributed by atoms with E-state index in [1.165, 1.54) is 11.9 Å². The molecule has 0 saturated carbocycles. The standard InChI is InChI=1S/C28H36N2O6/c1-28(2,3)36-26(33)29(4)17-11-10-16-24(25(31)32)30(5)27(34)35-18-23-21-14-8-6-12-19(21)20-13-7-9-15-22(20)23/h6-9,12-15,23-24H,10-11,16-18H2,1-5H3,(H,31,32)/t24-/m0/s1. The Bertz CT molecular complexity index is 1050. The van der Waals surface area contributed by atoms with E-state index >= 15 is 0 Å². The van der Waals surface area contributed by atoms with E-state index in [-0.39, 0.29) is 18.9 Å². The number of unbranched alkanes of at least 4 members (excludes halogenated alkanes) is 1. The summed E-state index contributed by atoms with van der Waals surface area (Å²) in [7, 11) is 3.09.